The van der Waals surface area contributed by atoms with Gasteiger partial charge in [-0.25, -0.2) is 9.07 Å². The lowest BCUT2D eigenvalue weighted by Gasteiger charge is -2.06. The van der Waals surface area contributed by atoms with Crippen molar-refractivity contribution < 1.29 is 14.2 Å². The van der Waals surface area contributed by atoms with Gasteiger partial charge in [0.1, 0.15) is 5.82 Å². The van der Waals surface area contributed by atoms with Crippen LogP contribution in [0.4, 0.5) is 4.39 Å². The predicted octanol–water partition coefficient (Wildman–Crippen LogP) is 3.09. The van der Waals surface area contributed by atoms with Gasteiger partial charge in [-0.3, -0.25) is 0 Å². The lowest BCUT2D eigenvalue weighted by atomic mass is 10.1. The zero-order chi connectivity index (χ0) is 19.1. The molecule has 0 aliphatic carbocycles. The first-order valence-corrected chi connectivity index (χ1v) is 8.98. The Balaban J connectivity index is 1.82. The quantitative estimate of drug-likeness (QED) is 0.569. The van der Waals surface area contributed by atoms with Gasteiger partial charge in [0.15, 0.2) is 0 Å². The topological polar surface area (TPSA) is 59.3 Å². The number of hydrogen-bond acceptors (Lipinski definition) is 4. The van der Waals surface area contributed by atoms with Crippen molar-refractivity contribution in [3.8, 4) is 16.9 Å². The second-order valence-corrected chi connectivity index (χ2v) is 6.31. The van der Waals surface area contributed by atoms with E-state index in [0.29, 0.717) is 26.3 Å². The SMILES string of the molecule is Cc1cccc(-c2nn(-c3ccc(F)cc3)cc2CNCCOCCO)c1. The molecule has 5 nitrogen and oxygen atoms in total. The van der Waals surface area contributed by atoms with Crippen LogP contribution >= 0.6 is 0 Å². The van der Waals surface area contributed by atoms with Gasteiger partial charge in [-0.2, -0.15) is 5.10 Å². The molecule has 0 radical (unpaired) electrons. The molecule has 0 fully saturated rings. The van der Waals surface area contributed by atoms with Gasteiger partial charge in [-0.1, -0.05) is 23.8 Å². The van der Waals surface area contributed by atoms with Gasteiger partial charge in [0.25, 0.3) is 0 Å². The summed E-state index contributed by atoms with van der Waals surface area (Å²) < 4.78 is 20.3. The first kappa shape index (κ1) is 19.2. The second-order valence-electron chi connectivity index (χ2n) is 6.31. The molecule has 2 N–H and O–H groups in total. The molecular weight excluding hydrogens is 345 g/mol. The summed E-state index contributed by atoms with van der Waals surface area (Å²) in [4.78, 5) is 0. The van der Waals surface area contributed by atoms with Gasteiger partial charge < -0.3 is 15.2 Å². The van der Waals surface area contributed by atoms with E-state index < -0.39 is 0 Å². The van der Waals surface area contributed by atoms with Gasteiger partial charge >= 0.3 is 0 Å². The fourth-order valence-electron chi connectivity index (χ4n) is 2.83. The predicted molar refractivity (Wildman–Crippen MR) is 103 cm³/mol. The molecule has 3 aromatic rings. The summed E-state index contributed by atoms with van der Waals surface area (Å²) in [5.74, 6) is -0.269. The Morgan fingerprint density at radius 1 is 1.15 bits per heavy atom. The number of aliphatic hydroxyl groups is 1. The molecule has 2 aromatic carbocycles. The molecule has 0 aliphatic heterocycles. The normalized spacial score (nSPS) is 11.1. The summed E-state index contributed by atoms with van der Waals surface area (Å²) >= 11 is 0. The molecular formula is C21H24FN3O2. The van der Waals surface area contributed by atoms with E-state index >= 15 is 0 Å². The molecule has 1 aromatic heterocycles. The highest BCUT2D eigenvalue weighted by Crippen LogP contribution is 2.24. The van der Waals surface area contributed by atoms with Crippen molar-refractivity contribution >= 4 is 0 Å². The van der Waals surface area contributed by atoms with E-state index in [9.17, 15) is 4.39 Å². The zero-order valence-electron chi connectivity index (χ0n) is 15.4. The number of nitrogens with zero attached hydrogens (tertiary/aromatic N) is 2. The van der Waals surface area contributed by atoms with E-state index in [1.165, 1.54) is 17.7 Å². The van der Waals surface area contributed by atoms with Crippen LogP contribution < -0.4 is 5.32 Å². The second kappa shape index (κ2) is 9.41. The van der Waals surface area contributed by atoms with E-state index in [0.717, 1.165) is 22.5 Å². The number of aryl methyl sites for hydroxylation is 1. The summed E-state index contributed by atoms with van der Waals surface area (Å²) in [7, 11) is 0. The molecule has 142 valence electrons. The minimum absolute atomic E-state index is 0.0297. The van der Waals surface area contributed by atoms with E-state index in [1.807, 2.05) is 18.3 Å². The summed E-state index contributed by atoms with van der Waals surface area (Å²) in [5, 5.41) is 16.8. The summed E-state index contributed by atoms with van der Waals surface area (Å²) in [5.41, 5.74) is 4.96. The van der Waals surface area contributed by atoms with Crippen LogP contribution in [-0.2, 0) is 11.3 Å². The van der Waals surface area contributed by atoms with E-state index in [1.54, 1.807) is 16.8 Å². The minimum Gasteiger partial charge on any atom is -0.394 e. The van der Waals surface area contributed by atoms with Crippen LogP contribution in [0.5, 0.6) is 0 Å². The molecule has 0 amide bonds. The van der Waals surface area contributed by atoms with Crippen LogP contribution in [0.3, 0.4) is 0 Å². The number of aliphatic hydroxyl groups excluding tert-OH is 1. The molecule has 0 atom stereocenters. The fraction of sp³-hybridized carbons (Fsp3) is 0.286. The highest BCUT2D eigenvalue weighted by molar-refractivity contribution is 5.64. The average Bonchev–Trinajstić information content (AvgIpc) is 3.09. The maximum atomic E-state index is 13.2. The Kier molecular flexibility index (Phi) is 6.70. The van der Waals surface area contributed by atoms with Crippen molar-refractivity contribution in [1.82, 2.24) is 15.1 Å². The maximum Gasteiger partial charge on any atom is 0.123 e. The van der Waals surface area contributed by atoms with E-state index in [-0.39, 0.29) is 12.4 Å². The molecule has 3 rings (SSSR count). The number of rotatable bonds is 9. The van der Waals surface area contributed by atoms with Crippen LogP contribution in [0, 0.1) is 12.7 Å². The van der Waals surface area contributed by atoms with Gasteiger partial charge in [-0.05, 0) is 37.3 Å². The van der Waals surface area contributed by atoms with Gasteiger partial charge in [0.2, 0.25) is 0 Å². The van der Waals surface area contributed by atoms with Crippen LogP contribution in [0.1, 0.15) is 11.1 Å². The third-order valence-electron chi connectivity index (χ3n) is 4.15. The van der Waals surface area contributed by atoms with Crippen LogP contribution in [0.2, 0.25) is 0 Å². The van der Waals surface area contributed by atoms with E-state index in [2.05, 4.69) is 24.4 Å². The monoisotopic (exact) mass is 369 g/mol. The largest absolute Gasteiger partial charge is 0.394 e. The molecule has 0 saturated carbocycles. The van der Waals surface area contributed by atoms with Crippen molar-refractivity contribution in [1.29, 1.82) is 0 Å². The lowest BCUT2D eigenvalue weighted by molar-refractivity contribution is 0.0938. The first-order chi connectivity index (χ1) is 13.2. The summed E-state index contributed by atoms with van der Waals surface area (Å²) in [6.07, 6.45) is 1.96. The molecule has 0 saturated heterocycles. The number of hydrogen-bond donors (Lipinski definition) is 2. The van der Waals surface area contributed by atoms with Crippen molar-refractivity contribution in [3.05, 3.63) is 71.7 Å². The minimum atomic E-state index is -0.269. The molecule has 27 heavy (non-hydrogen) atoms. The first-order valence-electron chi connectivity index (χ1n) is 8.98. The Morgan fingerprint density at radius 2 is 1.96 bits per heavy atom. The molecule has 0 spiro atoms. The number of aromatic nitrogens is 2. The Morgan fingerprint density at radius 3 is 2.70 bits per heavy atom. The Labute approximate surface area is 158 Å². The highest BCUT2D eigenvalue weighted by Gasteiger charge is 2.12. The van der Waals surface area contributed by atoms with Crippen LogP contribution in [0.25, 0.3) is 16.9 Å². The van der Waals surface area contributed by atoms with Crippen molar-refractivity contribution in [2.24, 2.45) is 0 Å². The lowest BCUT2D eigenvalue weighted by Crippen LogP contribution is -2.20. The van der Waals surface area contributed by atoms with Crippen LogP contribution in [-0.4, -0.2) is 41.3 Å². The smallest absolute Gasteiger partial charge is 0.123 e. The van der Waals surface area contributed by atoms with E-state index in [4.69, 9.17) is 14.9 Å². The Bertz CT molecular complexity index is 862. The van der Waals surface area contributed by atoms with Gasteiger partial charge in [-0.15, -0.1) is 0 Å². The molecule has 0 unspecified atom stereocenters. The summed E-state index contributed by atoms with van der Waals surface area (Å²) in [6, 6.07) is 14.5. The fourth-order valence-corrected chi connectivity index (χ4v) is 2.83. The number of halogens is 1. The summed E-state index contributed by atoms with van der Waals surface area (Å²) in [6.45, 7) is 4.27. The molecule has 6 heteroatoms. The molecule has 0 aliphatic rings. The van der Waals surface area contributed by atoms with Crippen molar-refractivity contribution in [3.63, 3.8) is 0 Å². The third-order valence-corrected chi connectivity index (χ3v) is 4.15. The van der Waals surface area contributed by atoms with Gasteiger partial charge in [0, 0.05) is 30.4 Å². The number of ether oxygens (including phenoxy) is 1. The Hall–Kier alpha value is -2.54. The van der Waals surface area contributed by atoms with Gasteiger partial charge in [0.05, 0.1) is 31.2 Å². The standard InChI is InChI=1S/C21H24FN3O2/c1-16-3-2-4-17(13-16)21-18(14-23-9-11-27-12-10-26)15-25(24-21)20-7-5-19(22)6-8-20/h2-8,13,15,23,26H,9-12,14H2,1H3. The molecule has 1 heterocycles. The third kappa shape index (κ3) is 5.23. The highest BCUT2D eigenvalue weighted by atomic mass is 19.1. The average molecular weight is 369 g/mol. The van der Waals surface area contributed by atoms with Crippen molar-refractivity contribution in [2.75, 3.05) is 26.4 Å². The van der Waals surface area contributed by atoms with Crippen LogP contribution in [0.15, 0.2) is 54.7 Å². The van der Waals surface area contributed by atoms with Crippen molar-refractivity contribution in [2.45, 2.75) is 13.5 Å². The zero-order valence-corrected chi connectivity index (χ0v) is 15.4. The molecule has 0 bridgehead atoms. The maximum absolute atomic E-state index is 13.2. The number of benzene rings is 2. The number of nitrogens with one attached hydrogen (secondary N) is 1.